The summed E-state index contributed by atoms with van der Waals surface area (Å²) in [6, 6.07) is 3.28. The molecule has 14 nitrogen and oxygen atoms in total. The van der Waals surface area contributed by atoms with Gasteiger partial charge in [0.1, 0.15) is 52.0 Å². The molecule has 3 heterocycles. The number of hydrogen-bond donors (Lipinski definition) is 4. The van der Waals surface area contributed by atoms with E-state index in [9.17, 15) is 24.3 Å². The molecule has 3 aliphatic carbocycles. The number of alkyl carbamates (subject to hydrolysis) is 1. The minimum absolute atomic E-state index is 0.0221. The standard InChI is InChI=1S/C40H51ClN6O8S/c1-8-22-16-40(22,36(50)51)46-34(48)28-14-24(17-47(28)35(49)33(39(4,5)6)45-38(52)55-23-12-20-11-21(20)13-23)54-30-15-26(27-18-56-37(44-27)42-19(2)3)43-32-25(30)9-10-29(53-7)31(32)41/h9-10,15,18-24,28,33H,8,11-14,16-17H2,1-7H3,(H,42,44)(H,45,52)(H,46,48)(H,50,51)/t20-,21+,22?,23+,24-,28+,33-,40-/m1/s1. The summed E-state index contributed by atoms with van der Waals surface area (Å²) in [4.78, 5) is 65.5. The van der Waals surface area contributed by atoms with Gasteiger partial charge in [-0.3, -0.25) is 9.59 Å². The summed E-state index contributed by atoms with van der Waals surface area (Å²) in [5, 5.41) is 22.6. The second-order valence-electron chi connectivity index (χ2n) is 17.1. The highest BCUT2D eigenvalue weighted by Crippen LogP contribution is 2.52. The zero-order valence-electron chi connectivity index (χ0n) is 32.8. The van der Waals surface area contributed by atoms with Crippen LogP contribution in [0.2, 0.25) is 5.02 Å². The quantitative estimate of drug-likeness (QED) is 0.148. The Bertz CT molecular complexity index is 2030. The van der Waals surface area contributed by atoms with Gasteiger partial charge in [0.25, 0.3) is 0 Å². The number of fused-ring (bicyclic) bond motifs is 2. The number of carbonyl (C=O) groups excluding carboxylic acids is 3. The molecule has 56 heavy (non-hydrogen) atoms. The van der Waals surface area contributed by atoms with Gasteiger partial charge in [-0.1, -0.05) is 45.7 Å². The Morgan fingerprint density at radius 2 is 1.79 bits per heavy atom. The van der Waals surface area contributed by atoms with Gasteiger partial charge in [0.15, 0.2) is 5.13 Å². The Balaban J connectivity index is 1.20. The molecule has 0 radical (unpaired) electrons. The number of nitrogens with one attached hydrogen (secondary N) is 3. The van der Waals surface area contributed by atoms with Crippen molar-refractivity contribution in [1.82, 2.24) is 25.5 Å². The van der Waals surface area contributed by atoms with Crippen molar-refractivity contribution in [2.45, 2.75) is 116 Å². The first kappa shape index (κ1) is 39.8. The molecular weight excluding hydrogens is 760 g/mol. The highest BCUT2D eigenvalue weighted by Gasteiger charge is 2.61. The van der Waals surface area contributed by atoms with E-state index in [1.165, 1.54) is 29.8 Å². The molecule has 1 saturated heterocycles. The minimum atomic E-state index is -1.41. The van der Waals surface area contributed by atoms with Gasteiger partial charge in [0, 0.05) is 29.3 Å². The van der Waals surface area contributed by atoms with Crippen molar-refractivity contribution in [2.24, 2.45) is 23.2 Å². The SMILES string of the molecule is CCC1C[C@]1(NC(=O)[C@@H]1C[C@@H](Oc2cc(-c3csc(NC(C)C)n3)nc3c(Cl)c(OC)ccc23)CN1C(=O)[C@@H](NC(=O)O[C@@H]1C[C@@H]2C[C@@H]2C1)C(C)(C)C)C(=O)O. The highest BCUT2D eigenvalue weighted by atomic mass is 35.5. The highest BCUT2D eigenvalue weighted by molar-refractivity contribution is 7.14. The Morgan fingerprint density at radius 3 is 2.41 bits per heavy atom. The van der Waals surface area contributed by atoms with Crippen LogP contribution in [0.15, 0.2) is 23.6 Å². The molecular formula is C40H51ClN6O8S. The molecule has 0 spiro atoms. The Morgan fingerprint density at radius 1 is 1.05 bits per heavy atom. The van der Waals surface area contributed by atoms with E-state index in [2.05, 4.69) is 16.0 Å². The molecule has 7 rings (SSSR count). The number of benzene rings is 1. The third kappa shape index (κ3) is 7.93. The number of anilines is 1. The number of ether oxygens (including phenoxy) is 3. The summed E-state index contributed by atoms with van der Waals surface area (Å²) < 4.78 is 18.0. The van der Waals surface area contributed by atoms with Gasteiger partial charge < -0.3 is 40.2 Å². The van der Waals surface area contributed by atoms with E-state index < -0.39 is 53.0 Å². The van der Waals surface area contributed by atoms with E-state index in [-0.39, 0.29) is 36.1 Å². The predicted octanol–water partition coefficient (Wildman–Crippen LogP) is 6.50. The number of carboxylic acids is 1. The van der Waals surface area contributed by atoms with Crippen molar-refractivity contribution < 1.29 is 38.5 Å². The monoisotopic (exact) mass is 810 g/mol. The van der Waals surface area contributed by atoms with Crippen molar-refractivity contribution in [3.8, 4) is 22.9 Å². The van der Waals surface area contributed by atoms with Crippen LogP contribution >= 0.6 is 22.9 Å². The number of halogens is 1. The Labute approximate surface area is 335 Å². The van der Waals surface area contributed by atoms with Crippen molar-refractivity contribution in [2.75, 3.05) is 19.0 Å². The van der Waals surface area contributed by atoms with Crippen molar-refractivity contribution in [1.29, 1.82) is 0 Å². The lowest BCUT2D eigenvalue weighted by molar-refractivity contribution is -0.146. The van der Waals surface area contributed by atoms with Crippen LogP contribution < -0.4 is 25.4 Å². The van der Waals surface area contributed by atoms with Crippen LogP contribution in [0.5, 0.6) is 11.5 Å². The molecule has 2 aromatic heterocycles. The lowest BCUT2D eigenvalue weighted by Crippen LogP contribution is -2.59. The summed E-state index contributed by atoms with van der Waals surface area (Å²) in [7, 11) is 1.52. The largest absolute Gasteiger partial charge is 0.495 e. The normalized spacial score (nSPS) is 27.1. The molecule has 1 unspecified atom stereocenters. The molecule has 1 aromatic carbocycles. The van der Waals surface area contributed by atoms with Crippen LogP contribution in [0, 0.1) is 23.2 Å². The second-order valence-corrected chi connectivity index (χ2v) is 18.3. The number of nitrogens with zero attached hydrogens (tertiary/aromatic N) is 3. The van der Waals surface area contributed by atoms with Crippen LogP contribution in [0.4, 0.5) is 9.93 Å². The summed E-state index contributed by atoms with van der Waals surface area (Å²) in [6.07, 6.45) is 2.16. The average molecular weight is 811 g/mol. The molecule has 3 aromatic rings. The minimum Gasteiger partial charge on any atom is -0.495 e. The van der Waals surface area contributed by atoms with Gasteiger partial charge >= 0.3 is 12.1 Å². The number of carboxylic acid groups (broad SMARTS) is 1. The number of aliphatic carboxylic acids is 1. The predicted molar refractivity (Wildman–Crippen MR) is 212 cm³/mol. The number of pyridine rings is 1. The number of methoxy groups -OCH3 is 1. The molecule has 3 saturated carbocycles. The van der Waals surface area contributed by atoms with Crippen molar-refractivity contribution >= 4 is 62.8 Å². The summed E-state index contributed by atoms with van der Waals surface area (Å²) in [5.41, 5.74) is -0.672. The van der Waals surface area contributed by atoms with E-state index in [0.29, 0.717) is 58.5 Å². The number of carbonyl (C=O) groups is 4. The van der Waals surface area contributed by atoms with E-state index in [1.54, 1.807) is 18.2 Å². The fourth-order valence-electron chi connectivity index (χ4n) is 8.32. The Hall–Kier alpha value is -4.37. The molecule has 0 bridgehead atoms. The van der Waals surface area contributed by atoms with E-state index in [0.717, 1.165) is 18.0 Å². The van der Waals surface area contributed by atoms with Crippen LogP contribution in [-0.4, -0.2) is 93.4 Å². The van der Waals surface area contributed by atoms with Crippen molar-refractivity contribution in [3.05, 3.63) is 28.6 Å². The van der Waals surface area contributed by atoms with Crippen molar-refractivity contribution in [3.63, 3.8) is 0 Å². The first-order valence-electron chi connectivity index (χ1n) is 19.4. The maximum absolute atomic E-state index is 14.7. The van der Waals surface area contributed by atoms with Gasteiger partial charge in [-0.05, 0) is 74.8 Å². The Kier molecular flexibility index (Phi) is 10.8. The molecule has 302 valence electrons. The number of thiazole rings is 1. The maximum atomic E-state index is 14.7. The second kappa shape index (κ2) is 15.2. The van der Waals surface area contributed by atoms with Crippen LogP contribution in [0.25, 0.3) is 22.3 Å². The smallest absolute Gasteiger partial charge is 0.408 e. The average Bonchev–Trinajstić information content (AvgIpc) is 3.80. The number of hydrogen-bond acceptors (Lipinski definition) is 11. The number of amides is 3. The lowest BCUT2D eigenvalue weighted by atomic mass is 9.85. The van der Waals surface area contributed by atoms with E-state index in [1.807, 2.05) is 46.9 Å². The first-order valence-corrected chi connectivity index (χ1v) is 20.7. The van der Waals surface area contributed by atoms with Gasteiger partial charge in [0.05, 0.1) is 24.9 Å². The summed E-state index contributed by atoms with van der Waals surface area (Å²) in [5.74, 6) is -0.397. The third-order valence-corrected chi connectivity index (χ3v) is 12.7. The number of aromatic nitrogens is 2. The van der Waals surface area contributed by atoms with E-state index in [4.69, 9.17) is 35.8 Å². The molecule has 3 amide bonds. The molecule has 4 N–H and O–H groups in total. The maximum Gasteiger partial charge on any atom is 0.408 e. The third-order valence-electron chi connectivity index (χ3n) is 11.6. The lowest BCUT2D eigenvalue weighted by Gasteiger charge is -2.35. The summed E-state index contributed by atoms with van der Waals surface area (Å²) in [6.45, 7) is 11.4. The van der Waals surface area contributed by atoms with Crippen LogP contribution in [0.3, 0.4) is 0 Å². The zero-order chi connectivity index (χ0) is 40.3. The number of likely N-dealkylation sites (tertiary alicyclic amines) is 1. The summed E-state index contributed by atoms with van der Waals surface area (Å²) >= 11 is 8.26. The first-order chi connectivity index (χ1) is 26.5. The van der Waals surface area contributed by atoms with Crippen LogP contribution in [0.1, 0.15) is 80.1 Å². The van der Waals surface area contributed by atoms with Gasteiger partial charge in [-0.15, -0.1) is 11.3 Å². The molecule has 8 atom stereocenters. The van der Waals surface area contributed by atoms with E-state index >= 15 is 0 Å². The number of rotatable bonds is 13. The zero-order valence-corrected chi connectivity index (χ0v) is 34.4. The fourth-order valence-corrected chi connectivity index (χ4v) is 9.46. The topological polar surface area (TPSA) is 181 Å². The molecule has 1 aliphatic heterocycles. The van der Waals surface area contributed by atoms with Crippen LogP contribution in [-0.2, 0) is 19.1 Å². The van der Waals surface area contributed by atoms with Gasteiger partial charge in [-0.2, -0.15) is 0 Å². The molecule has 16 heteroatoms. The van der Waals surface area contributed by atoms with Gasteiger partial charge in [0.2, 0.25) is 11.8 Å². The fraction of sp³-hybridized carbons (Fsp3) is 0.600. The van der Waals surface area contributed by atoms with Gasteiger partial charge in [-0.25, -0.2) is 19.6 Å². The molecule has 4 aliphatic rings. The molecule has 4 fully saturated rings.